The molecular formula is C16H27N3O. The van der Waals surface area contributed by atoms with Gasteiger partial charge in [-0.3, -0.25) is 0 Å². The number of carbonyl (C=O) groups is 1. The highest BCUT2D eigenvalue weighted by molar-refractivity contribution is 5.89. The fraction of sp³-hybridized carbons (Fsp3) is 0.562. The van der Waals surface area contributed by atoms with E-state index in [1.807, 2.05) is 31.3 Å². The zero-order chi connectivity index (χ0) is 15.0. The minimum atomic E-state index is -0.136. The molecule has 2 amide bonds. The summed E-state index contributed by atoms with van der Waals surface area (Å²) in [6, 6.07) is 8.03. The molecule has 1 atom stereocenters. The topological polar surface area (TPSA) is 53.2 Å². The number of rotatable bonds is 7. The Morgan fingerprint density at radius 3 is 2.65 bits per heavy atom. The van der Waals surface area contributed by atoms with Crippen molar-refractivity contribution in [2.45, 2.75) is 39.7 Å². The molecule has 4 heteroatoms. The summed E-state index contributed by atoms with van der Waals surface area (Å²) >= 11 is 0. The molecule has 1 aromatic carbocycles. The van der Waals surface area contributed by atoms with Gasteiger partial charge in [-0.05, 0) is 50.4 Å². The van der Waals surface area contributed by atoms with E-state index >= 15 is 0 Å². The second-order valence-electron chi connectivity index (χ2n) is 5.55. The van der Waals surface area contributed by atoms with Crippen LogP contribution < -0.4 is 16.0 Å². The van der Waals surface area contributed by atoms with Gasteiger partial charge < -0.3 is 16.0 Å². The molecule has 1 unspecified atom stereocenters. The molecule has 0 aliphatic heterocycles. The third kappa shape index (κ3) is 6.06. The molecule has 0 aliphatic rings. The standard InChI is InChI=1S/C16H27N3O/c1-12(2)7-6-10-18-16(20)19-15-9-5-8-14(11-15)13(3)17-4/h5,8-9,11-13,17H,6-7,10H2,1-4H3,(H2,18,19,20). The molecule has 3 N–H and O–H groups in total. The Hall–Kier alpha value is -1.55. The lowest BCUT2D eigenvalue weighted by molar-refractivity contribution is 0.251. The van der Waals surface area contributed by atoms with E-state index in [1.165, 1.54) is 0 Å². The van der Waals surface area contributed by atoms with Crippen molar-refractivity contribution >= 4 is 11.7 Å². The molecular weight excluding hydrogens is 250 g/mol. The van der Waals surface area contributed by atoms with Crippen molar-refractivity contribution in [1.29, 1.82) is 0 Å². The average Bonchev–Trinajstić information content (AvgIpc) is 2.43. The van der Waals surface area contributed by atoms with Crippen LogP contribution in [0.5, 0.6) is 0 Å². The highest BCUT2D eigenvalue weighted by atomic mass is 16.2. The summed E-state index contributed by atoms with van der Waals surface area (Å²) in [4.78, 5) is 11.8. The maximum atomic E-state index is 11.8. The molecule has 0 spiro atoms. The molecule has 0 heterocycles. The van der Waals surface area contributed by atoms with E-state index in [0.717, 1.165) is 30.6 Å². The maximum absolute atomic E-state index is 11.8. The van der Waals surface area contributed by atoms with Crippen LogP contribution in [0.2, 0.25) is 0 Å². The molecule has 0 aliphatic carbocycles. The van der Waals surface area contributed by atoms with Gasteiger partial charge in [0.2, 0.25) is 0 Å². The molecule has 20 heavy (non-hydrogen) atoms. The highest BCUT2D eigenvalue weighted by Crippen LogP contribution is 2.16. The zero-order valence-electron chi connectivity index (χ0n) is 13.0. The maximum Gasteiger partial charge on any atom is 0.319 e. The summed E-state index contributed by atoms with van der Waals surface area (Å²) in [6.07, 6.45) is 2.15. The SMILES string of the molecule is CNC(C)c1cccc(NC(=O)NCCCC(C)C)c1. The Bertz CT molecular complexity index is 418. The Morgan fingerprint density at radius 2 is 2.00 bits per heavy atom. The summed E-state index contributed by atoms with van der Waals surface area (Å²) in [5, 5.41) is 8.94. The van der Waals surface area contributed by atoms with Gasteiger partial charge in [0.05, 0.1) is 0 Å². The van der Waals surface area contributed by atoms with Crippen LogP contribution in [0.3, 0.4) is 0 Å². The predicted octanol–water partition coefficient (Wildman–Crippen LogP) is 3.52. The Kier molecular flexibility index (Phi) is 7.09. The number of anilines is 1. The van der Waals surface area contributed by atoms with Gasteiger partial charge in [-0.25, -0.2) is 4.79 Å². The normalized spacial score (nSPS) is 12.2. The van der Waals surface area contributed by atoms with Crippen molar-refractivity contribution in [3.8, 4) is 0 Å². The van der Waals surface area contributed by atoms with E-state index in [-0.39, 0.29) is 12.1 Å². The monoisotopic (exact) mass is 277 g/mol. The molecule has 1 aromatic rings. The first-order chi connectivity index (χ1) is 9.52. The molecule has 0 radical (unpaired) electrons. The largest absolute Gasteiger partial charge is 0.338 e. The third-order valence-corrected chi connectivity index (χ3v) is 3.32. The predicted molar refractivity (Wildman–Crippen MR) is 85.0 cm³/mol. The Morgan fingerprint density at radius 1 is 1.25 bits per heavy atom. The summed E-state index contributed by atoms with van der Waals surface area (Å²) in [7, 11) is 1.92. The van der Waals surface area contributed by atoms with Crippen molar-refractivity contribution in [2.75, 3.05) is 18.9 Å². The van der Waals surface area contributed by atoms with E-state index in [0.29, 0.717) is 5.92 Å². The fourth-order valence-electron chi connectivity index (χ4n) is 1.94. The summed E-state index contributed by atoms with van der Waals surface area (Å²) in [5.41, 5.74) is 1.98. The number of nitrogens with one attached hydrogen (secondary N) is 3. The number of amides is 2. The Balaban J connectivity index is 2.41. The van der Waals surface area contributed by atoms with Crippen LogP contribution in [0, 0.1) is 5.92 Å². The first-order valence-electron chi connectivity index (χ1n) is 7.35. The molecule has 0 fully saturated rings. The van der Waals surface area contributed by atoms with E-state index in [4.69, 9.17) is 0 Å². The van der Waals surface area contributed by atoms with Crippen molar-refractivity contribution in [3.05, 3.63) is 29.8 Å². The fourth-order valence-corrected chi connectivity index (χ4v) is 1.94. The van der Waals surface area contributed by atoms with Crippen molar-refractivity contribution in [2.24, 2.45) is 5.92 Å². The minimum absolute atomic E-state index is 0.136. The first-order valence-corrected chi connectivity index (χ1v) is 7.35. The quantitative estimate of drug-likeness (QED) is 0.668. The molecule has 112 valence electrons. The van der Waals surface area contributed by atoms with Crippen molar-refractivity contribution < 1.29 is 4.79 Å². The number of benzene rings is 1. The van der Waals surface area contributed by atoms with Gasteiger partial charge in [0.1, 0.15) is 0 Å². The molecule has 0 saturated carbocycles. The van der Waals surface area contributed by atoms with Crippen LogP contribution in [0.15, 0.2) is 24.3 Å². The van der Waals surface area contributed by atoms with Gasteiger partial charge >= 0.3 is 6.03 Å². The molecule has 0 bridgehead atoms. The first kappa shape index (κ1) is 16.5. The van der Waals surface area contributed by atoms with E-state index < -0.39 is 0 Å². The molecule has 0 saturated heterocycles. The van der Waals surface area contributed by atoms with Crippen LogP contribution in [-0.4, -0.2) is 19.6 Å². The van der Waals surface area contributed by atoms with Crippen LogP contribution in [0.4, 0.5) is 10.5 Å². The van der Waals surface area contributed by atoms with Crippen LogP contribution >= 0.6 is 0 Å². The summed E-state index contributed by atoms with van der Waals surface area (Å²) in [5.74, 6) is 0.680. The van der Waals surface area contributed by atoms with Gasteiger partial charge in [-0.15, -0.1) is 0 Å². The lowest BCUT2D eigenvalue weighted by Gasteiger charge is -2.13. The van der Waals surface area contributed by atoms with Crippen molar-refractivity contribution in [3.63, 3.8) is 0 Å². The van der Waals surface area contributed by atoms with Gasteiger partial charge in [0, 0.05) is 18.3 Å². The lowest BCUT2D eigenvalue weighted by Crippen LogP contribution is -2.29. The van der Waals surface area contributed by atoms with Gasteiger partial charge in [-0.2, -0.15) is 0 Å². The highest BCUT2D eigenvalue weighted by Gasteiger charge is 2.05. The second kappa shape index (κ2) is 8.59. The van der Waals surface area contributed by atoms with E-state index in [2.05, 4.69) is 36.7 Å². The van der Waals surface area contributed by atoms with Crippen LogP contribution in [0.25, 0.3) is 0 Å². The smallest absolute Gasteiger partial charge is 0.319 e. The number of urea groups is 1. The van der Waals surface area contributed by atoms with Gasteiger partial charge in [0.15, 0.2) is 0 Å². The number of hydrogen-bond acceptors (Lipinski definition) is 2. The number of carbonyl (C=O) groups excluding carboxylic acids is 1. The number of hydrogen-bond donors (Lipinski definition) is 3. The van der Waals surface area contributed by atoms with E-state index in [1.54, 1.807) is 0 Å². The second-order valence-corrected chi connectivity index (χ2v) is 5.55. The van der Waals surface area contributed by atoms with Crippen LogP contribution in [-0.2, 0) is 0 Å². The molecule has 1 rings (SSSR count). The van der Waals surface area contributed by atoms with E-state index in [9.17, 15) is 4.79 Å². The Labute approximate surface area is 122 Å². The van der Waals surface area contributed by atoms with Crippen molar-refractivity contribution in [1.82, 2.24) is 10.6 Å². The molecule has 4 nitrogen and oxygen atoms in total. The van der Waals surface area contributed by atoms with Gasteiger partial charge in [0.25, 0.3) is 0 Å². The summed E-state index contributed by atoms with van der Waals surface area (Å²) < 4.78 is 0. The van der Waals surface area contributed by atoms with Gasteiger partial charge in [-0.1, -0.05) is 26.0 Å². The average molecular weight is 277 g/mol. The minimum Gasteiger partial charge on any atom is -0.338 e. The molecule has 0 aromatic heterocycles. The third-order valence-electron chi connectivity index (χ3n) is 3.32. The summed E-state index contributed by atoms with van der Waals surface area (Å²) in [6.45, 7) is 7.19. The van der Waals surface area contributed by atoms with Crippen LogP contribution in [0.1, 0.15) is 45.2 Å². The zero-order valence-corrected chi connectivity index (χ0v) is 13.0. The lowest BCUT2D eigenvalue weighted by atomic mass is 10.1.